The molecule has 3 rings (SSSR count). The number of benzene rings is 2. The fraction of sp³-hybridized carbons (Fsp3) is 0.273. The molecule has 1 heterocycles. The van der Waals surface area contributed by atoms with E-state index in [0.29, 0.717) is 17.2 Å². The van der Waals surface area contributed by atoms with E-state index in [2.05, 4.69) is 10.3 Å². The van der Waals surface area contributed by atoms with Crippen LogP contribution in [0.4, 0.5) is 10.1 Å². The van der Waals surface area contributed by atoms with Gasteiger partial charge in [-0.25, -0.2) is 4.39 Å². The Morgan fingerprint density at radius 3 is 2.59 bits per heavy atom. The second-order valence-electron chi connectivity index (χ2n) is 7.01. The van der Waals surface area contributed by atoms with Crippen molar-refractivity contribution in [1.29, 1.82) is 0 Å². The highest BCUT2D eigenvalue weighted by Gasteiger charge is 2.27. The summed E-state index contributed by atoms with van der Waals surface area (Å²) in [7, 11) is 3.89. The second-order valence-corrected chi connectivity index (χ2v) is 7.01. The molecule has 1 amide bonds. The molecule has 0 aliphatic heterocycles. The molecule has 2 aromatic carbocycles. The summed E-state index contributed by atoms with van der Waals surface area (Å²) >= 11 is 0. The number of halogens is 1. The number of hydrogen-bond acceptors (Lipinski definition) is 3. The lowest BCUT2D eigenvalue weighted by atomic mass is 9.91. The zero-order chi connectivity index (χ0) is 19.4. The summed E-state index contributed by atoms with van der Waals surface area (Å²) in [5.74, 6) is -0.929. The van der Waals surface area contributed by atoms with Crippen LogP contribution in [0, 0.1) is 11.7 Å². The van der Waals surface area contributed by atoms with E-state index in [1.54, 1.807) is 30.6 Å². The Morgan fingerprint density at radius 2 is 1.89 bits per heavy atom. The third kappa shape index (κ3) is 4.31. The summed E-state index contributed by atoms with van der Waals surface area (Å²) in [4.78, 5) is 19.0. The highest BCUT2D eigenvalue weighted by atomic mass is 19.1. The molecule has 0 radical (unpaired) electrons. The van der Waals surface area contributed by atoms with E-state index in [1.807, 2.05) is 56.3 Å². The van der Waals surface area contributed by atoms with Crippen molar-refractivity contribution < 1.29 is 9.18 Å². The molecule has 1 N–H and O–H groups in total. The van der Waals surface area contributed by atoms with Crippen LogP contribution in [0.15, 0.2) is 60.9 Å². The lowest BCUT2D eigenvalue weighted by Crippen LogP contribution is -2.41. The maximum absolute atomic E-state index is 14.8. The number of amides is 1. The lowest BCUT2D eigenvalue weighted by Gasteiger charge is -2.28. The quantitative estimate of drug-likeness (QED) is 0.715. The van der Waals surface area contributed by atoms with E-state index in [9.17, 15) is 9.18 Å². The van der Waals surface area contributed by atoms with Crippen LogP contribution in [-0.2, 0) is 11.2 Å². The highest BCUT2D eigenvalue weighted by Crippen LogP contribution is 2.25. The van der Waals surface area contributed by atoms with Crippen LogP contribution in [0.5, 0.6) is 0 Å². The fourth-order valence-corrected chi connectivity index (χ4v) is 3.16. The fourth-order valence-electron chi connectivity index (χ4n) is 3.16. The summed E-state index contributed by atoms with van der Waals surface area (Å²) in [6.07, 6.45) is 3.74. The van der Waals surface area contributed by atoms with E-state index in [-0.39, 0.29) is 23.6 Å². The predicted molar refractivity (Wildman–Crippen MR) is 107 cm³/mol. The number of anilines is 1. The molecule has 1 aromatic heterocycles. The second kappa shape index (κ2) is 8.27. The van der Waals surface area contributed by atoms with Crippen molar-refractivity contribution >= 4 is 22.4 Å². The van der Waals surface area contributed by atoms with Gasteiger partial charge in [-0.15, -0.1) is 0 Å². The number of rotatable bonds is 6. The Balaban J connectivity index is 1.87. The Labute approximate surface area is 159 Å². The van der Waals surface area contributed by atoms with Gasteiger partial charge >= 0.3 is 0 Å². The molecule has 0 bridgehead atoms. The van der Waals surface area contributed by atoms with Crippen LogP contribution in [0.25, 0.3) is 10.8 Å². The molecule has 140 valence electrons. The first-order valence-electron chi connectivity index (χ1n) is 9.01. The SMILES string of the molecule is CC(C(Cc1ccccc1)C(=O)Nc1ccc2cnccc2c1F)N(C)C. The molecule has 2 unspecified atom stereocenters. The summed E-state index contributed by atoms with van der Waals surface area (Å²) in [6, 6.07) is 14.9. The number of fused-ring (bicyclic) bond motifs is 1. The molecular formula is C22H24FN3O. The maximum atomic E-state index is 14.8. The van der Waals surface area contributed by atoms with Crippen LogP contribution in [0.2, 0.25) is 0 Å². The van der Waals surface area contributed by atoms with Gasteiger partial charge in [0, 0.05) is 29.2 Å². The summed E-state index contributed by atoms with van der Waals surface area (Å²) in [6.45, 7) is 2.01. The first-order chi connectivity index (χ1) is 13.0. The average Bonchev–Trinajstić information content (AvgIpc) is 2.68. The van der Waals surface area contributed by atoms with Crippen molar-refractivity contribution in [3.63, 3.8) is 0 Å². The Kier molecular flexibility index (Phi) is 5.81. The number of aromatic nitrogens is 1. The van der Waals surface area contributed by atoms with E-state index < -0.39 is 5.82 Å². The van der Waals surface area contributed by atoms with Gasteiger partial charge in [0.2, 0.25) is 5.91 Å². The molecule has 27 heavy (non-hydrogen) atoms. The van der Waals surface area contributed by atoms with E-state index in [1.165, 1.54) is 0 Å². The van der Waals surface area contributed by atoms with Crippen LogP contribution in [-0.4, -0.2) is 35.9 Å². The summed E-state index contributed by atoms with van der Waals surface area (Å²) < 4.78 is 14.8. The summed E-state index contributed by atoms with van der Waals surface area (Å²) in [5.41, 5.74) is 1.28. The molecule has 0 saturated carbocycles. The Bertz CT molecular complexity index is 927. The van der Waals surface area contributed by atoms with Crippen LogP contribution in [0.1, 0.15) is 12.5 Å². The molecule has 0 fully saturated rings. The van der Waals surface area contributed by atoms with E-state index >= 15 is 0 Å². The molecule has 0 saturated heterocycles. The Morgan fingerprint density at radius 1 is 1.15 bits per heavy atom. The van der Waals surface area contributed by atoms with Crippen molar-refractivity contribution in [2.45, 2.75) is 19.4 Å². The molecule has 0 spiro atoms. The van der Waals surface area contributed by atoms with Crippen LogP contribution >= 0.6 is 0 Å². The Hall–Kier alpha value is -2.79. The van der Waals surface area contributed by atoms with Gasteiger partial charge in [0.15, 0.2) is 5.82 Å². The zero-order valence-electron chi connectivity index (χ0n) is 15.8. The monoisotopic (exact) mass is 365 g/mol. The third-order valence-electron chi connectivity index (χ3n) is 5.04. The van der Waals surface area contributed by atoms with Crippen molar-refractivity contribution in [1.82, 2.24) is 9.88 Å². The average molecular weight is 365 g/mol. The van der Waals surface area contributed by atoms with Gasteiger partial charge in [0.05, 0.1) is 11.6 Å². The topological polar surface area (TPSA) is 45.2 Å². The van der Waals surface area contributed by atoms with E-state index in [0.717, 1.165) is 5.56 Å². The van der Waals surface area contributed by atoms with Gasteiger partial charge in [0.25, 0.3) is 0 Å². The minimum absolute atomic E-state index is 0.00192. The first kappa shape index (κ1) is 19.0. The molecule has 0 aliphatic carbocycles. The van der Waals surface area contributed by atoms with Crippen LogP contribution in [0.3, 0.4) is 0 Å². The number of carbonyl (C=O) groups excluding carboxylic acids is 1. The number of nitrogens with one attached hydrogen (secondary N) is 1. The van der Waals surface area contributed by atoms with Gasteiger partial charge in [-0.3, -0.25) is 9.78 Å². The smallest absolute Gasteiger partial charge is 0.229 e. The minimum Gasteiger partial charge on any atom is -0.323 e. The van der Waals surface area contributed by atoms with Crippen LogP contribution < -0.4 is 5.32 Å². The van der Waals surface area contributed by atoms with E-state index in [4.69, 9.17) is 0 Å². The molecule has 0 aliphatic rings. The summed E-state index contributed by atoms with van der Waals surface area (Å²) in [5, 5.41) is 3.95. The molecule has 5 heteroatoms. The maximum Gasteiger partial charge on any atom is 0.229 e. The van der Waals surface area contributed by atoms with Gasteiger partial charge in [-0.05, 0) is 45.1 Å². The van der Waals surface area contributed by atoms with Crippen molar-refractivity contribution in [3.05, 3.63) is 72.3 Å². The molecule has 3 aromatic rings. The van der Waals surface area contributed by atoms with Gasteiger partial charge in [0.1, 0.15) is 0 Å². The van der Waals surface area contributed by atoms with Crippen molar-refractivity contribution in [2.24, 2.45) is 5.92 Å². The van der Waals surface area contributed by atoms with Gasteiger partial charge in [-0.2, -0.15) is 0 Å². The molecule has 2 atom stereocenters. The first-order valence-corrected chi connectivity index (χ1v) is 9.01. The number of pyridine rings is 1. The standard InChI is InChI=1S/C22H24FN3O/c1-15(26(2)3)19(13-16-7-5-4-6-8-16)22(27)25-20-10-9-17-14-24-12-11-18(17)21(20)23/h4-12,14-15,19H,13H2,1-3H3,(H,25,27). The number of carbonyl (C=O) groups is 1. The minimum atomic E-state index is -0.431. The van der Waals surface area contributed by atoms with Gasteiger partial charge < -0.3 is 10.2 Å². The molecular weight excluding hydrogens is 341 g/mol. The number of hydrogen-bond donors (Lipinski definition) is 1. The third-order valence-corrected chi connectivity index (χ3v) is 5.04. The number of nitrogens with zero attached hydrogens (tertiary/aromatic N) is 2. The predicted octanol–water partition coefficient (Wildman–Crippen LogP) is 4.12. The molecule has 4 nitrogen and oxygen atoms in total. The van der Waals surface area contributed by atoms with Gasteiger partial charge in [-0.1, -0.05) is 36.4 Å². The largest absolute Gasteiger partial charge is 0.323 e. The van der Waals surface area contributed by atoms with Crippen molar-refractivity contribution in [2.75, 3.05) is 19.4 Å². The normalized spacial score (nSPS) is 13.5. The van der Waals surface area contributed by atoms with Crippen molar-refractivity contribution in [3.8, 4) is 0 Å². The highest BCUT2D eigenvalue weighted by molar-refractivity contribution is 5.96. The lowest BCUT2D eigenvalue weighted by molar-refractivity contribution is -0.121. The zero-order valence-corrected chi connectivity index (χ0v) is 15.8.